The van der Waals surface area contributed by atoms with Crippen molar-refractivity contribution in [3.8, 4) is 11.3 Å². The number of benzene rings is 2. The Hall–Kier alpha value is -3.50. The third-order valence-electron chi connectivity index (χ3n) is 5.58. The molecule has 1 amide bonds. The molecule has 0 bridgehead atoms. The molecule has 0 N–H and O–H groups in total. The van der Waals surface area contributed by atoms with Gasteiger partial charge in [-0.15, -0.1) is 0 Å². The van der Waals surface area contributed by atoms with Crippen LogP contribution >= 0.6 is 0 Å². The molecule has 2 aromatic carbocycles. The van der Waals surface area contributed by atoms with Crippen LogP contribution in [0.3, 0.4) is 0 Å². The minimum atomic E-state index is -3.77. The Morgan fingerprint density at radius 2 is 1.61 bits per heavy atom. The topological polar surface area (TPSA) is 114 Å². The summed E-state index contributed by atoms with van der Waals surface area (Å²) in [6.45, 7) is 0.921. The third kappa shape index (κ3) is 5.12. The molecule has 3 aromatic rings. The van der Waals surface area contributed by atoms with Gasteiger partial charge in [-0.25, -0.2) is 8.42 Å². The van der Waals surface area contributed by atoms with E-state index in [4.69, 9.17) is 4.42 Å². The Morgan fingerprint density at radius 3 is 2.24 bits per heavy atom. The number of piperazine rings is 1. The molecule has 2 heterocycles. The molecule has 1 aliphatic heterocycles. The molecule has 0 spiro atoms. The average molecular weight is 470 g/mol. The van der Waals surface area contributed by atoms with Crippen molar-refractivity contribution in [2.45, 2.75) is 17.7 Å². The molecule has 4 rings (SSSR count). The number of nitro benzene ring substituents is 1. The van der Waals surface area contributed by atoms with E-state index in [1.165, 1.54) is 28.6 Å². The number of sulfonamides is 1. The molecule has 0 atom stereocenters. The van der Waals surface area contributed by atoms with Crippen molar-refractivity contribution in [1.29, 1.82) is 0 Å². The highest BCUT2D eigenvalue weighted by molar-refractivity contribution is 7.89. The van der Waals surface area contributed by atoms with Crippen LogP contribution in [0.5, 0.6) is 0 Å². The van der Waals surface area contributed by atoms with Gasteiger partial charge >= 0.3 is 0 Å². The Balaban J connectivity index is 1.30. The highest BCUT2D eigenvalue weighted by Gasteiger charge is 2.30. The van der Waals surface area contributed by atoms with Crippen molar-refractivity contribution in [2.75, 3.05) is 26.2 Å². The number of aryl methyl sites for hydroxylation is 1. The van der Waals surface area contributed by atoms with Gasteiger partial charge in [0.1, 0.15) is 11.5 Å². The second-order valence-electron chi connectivity index (χ2n) is 7.67. The summed E-state index contributed by atoms with van der Waals surface area (Å²) < 4.78 is 32.8. The first-order valence-electron chi connectivity index (χ1n) is 10.5. The Morgan fingerprint density at radius 1 is 0.939 bits per heavy atom. The highest BCUT2D eigenvalue weighted by atomic mass is 32.2. The highest BCUT2D eigenvalue weighted by Crippen LogP contribution is 2.23. The molecule has 1 aliphatic rings. The van der Waals surface area contributed by atoms with Gasteiger partial charge in [0.05, 0.1) is 9.82 Å². The number of non-ortho nitro benzene ring substituents is 1. The Bertz CT molecular complexity index is 1230. The summed E-state index contributed by atoms with van der Waals surface area (Å²) in [5, 5.41) is 10.8. The van der Waals surface area contributed by atoms with Gasteiger partial charge < -0.3 is 9.32 Å². The van der Waals surface area contributed by atoms with E-state index in [0.717, 1.165) is 17.1 Å². The molecular weight excluding hydrogens is 446 g/mol. The van der Waals surface area contributed by atoms with Gasteiger partial charge in [0.25, 0.3) is 5.69 Å². The number of hydrogen-bond acceptors (Lipinski definition) is 6. The molecule has 1 fully saturated rings. The summed E-state index contributed by atoms with van der Waals surface area (Å²) in [5.74, 6) is 1.42. The largest absolute Gasteiger partial charge is 0.461 e. The number of hydrogen-bond donors (Lipinski definition) is 0. The van der Waals surface area contributed by atoms with Gasteiger partial charge in [-0.05, 0) is 24.3 Å². The number of amides is 1. The first kappa shape index (κ1) is 22.7. The first-order chi connectivity index (χ1) is 15.8. The van der Waals surface area contributed by atoms with Crippen LogP contribution in [0.25, 0.3) is 11.3 Å². The van der Waals surface area contributed by atoms with Crippen molar-refractivity contribution < 1.29 is 22.6 Å². The van der Waals surface area contributed by atoms with E-state index in [1.807, 2.05) is 42.5 Å². The fourth-order valence-electron chi connectivity index (χ4n) is 3.72. The van der Waals surface area contributed by atoms with E-state index in [-0.39, 0.29) is 36.0 Å². The van der Waals surface area contributed by atoms with Crippen molar-refractivity contribution in [1.82, 2.24) is 9.21 Å². The van der Waals surface area contributed by atoms with Crippen LogP contribution in [-0.4, -0.2) is 54.6 Å². The van der Waals surface area contributed by atoms with Crippen molar-refractivity contribution in [2.24, 2.45) is 0 Å². The number of furan rings is 1. The first-order valence-corrected chi connectivity index (χ1v) is 11.9. The molecule has 9 nitrogen and oxygen atoms in total. The molecule has 1 saturated heterocycles. The second kappa shape index (κ2) is 9.55. The zero-order valence-electron chi connectivity index (χ0n) is 17.8. The van der Waals surface area contributed by atoms with Crippen LogP contribution in [0.15, 0.2) is 76.0 Å². The Kier molecular flexibility index (Phi) is 6.57. The Labute approximate surface area is 191 Å². The van der Waals surface area contributed by atoms with Gasteiger partial charge in [0, 0.05) is 56.7 Å². The third-order valence-corrected chi connectivity index (χ3v) is 7.49. The molecular formula is C23H23N3O6S. The van der Waals surface area contributed by atoms with Gasteiger partial charge in [-0.1, -0.05) is 30.3 Å². The summed E-state index contributed by atoms with van der Waals surface area (Å²) in [4.78, 5) is 24.5. The van der Waals surface area contributed by atoms with Crippen LogP contribution in [0.1, 0.15) is 12.2 Å². The van der Waals surface area contributed by atoms with E-state index in [0.29, 0.717) is 19.5 Å². The van der Waals surface area contributed by atoms with Crippen LogP contribution in [0, 0.1) is 10.1 Å². The molecule has 0 saturated carbocycles. The van der Waals surface area contributed by atoms with Crippen LogP contribution < -0.4 is 0 Å². The zero-order chi connectivity index (χ0) is 23.4. The summed E-state index contributed by atoms with van der Waals surface area (Å²) in [7, 11) is -3.77. The molecule has 0 unspecified atom stereocenters. The minimum absolute atomic E-state index is 0.0000776. The van der Waals surface area contributed by atoms with E-state index in [2.05, 4.69) is 0 Å². The lowest BCUT2D eigenvalue weighted by atomic mass is 10.2. The molecule has 0 radical (unpaired) electrons. The van der Waals surface area contributed by atoms with E-state index in [1.54, 1.807) is 4.90 Å². The maximum absolute atomic E-state index is 12.8. The van der Waals surface area contributed by atoms with E-state index in [9.17, 15) is 23.3 Å². The maximum Gasteiger partial charge on any atom is 0.269 e. The number of nitro groups is 1. The maximum atomic E-state index is 12.8. The van der Waals surface area contributed by atoms with Crippen LogP contribution in [0.4, 0.5) is 5.69 Å². The fraction of sp³-hybridized carbons (Fsp3) is 0.261. The second-order valence-corrected chi connectivity index (χ2v) is 9.61. The average Bonchev–Trinajstić information content (AvgIpc) is 3.32. The van der Waals surface area contributed by atoms with Crippen LogP contribution in [0.2, 0.25) is 0 Å². The zero-order valence-corrected chi connectivity index (χ0v) is 18.6. The van der Waals surface area contributed by atoms with Crippen LogP contribution in [-0.2, 0) is 21.2 Å². The summed E-state index contributed by atoms with van der Waals surface area (Å²) in [6, 6.07) is 18.3. The normalized spacial score (nSPS) is 14.8. The lowest BCUT2D eigenvalue weighted by Gasteiger charge is -2.34. The summed E-state index contributed by atoms with van der Waals surface area (Å²) >= 11 is 0. The minimum Gasteiger partial charge on any atom is -0.461 e. The molecule has 172 valence electrons. The van der Waals surface area contributed by atoms with E-state index >= 15 is 0 Å². The summed E-state index contributed by atoms with van der Waals surface area (Å²) in [5.41, 5.74) is 0.803. The number of rotatable bonds is 7. The van der Waals surface area contributed by atoms with E-state index < -0.39 is 14.9 Å². The predicted octanol–water partition coefficient (Wildman–Crippen LogP) is 3.32. The summed E-state index contributed by atoms with van der Waals surface area (Å²) in [6.07, 6.45) is 0.740. The van der Waals surface area contributed by atoms with Gasteiger partial charge in [-0.3, -0.25) is 14.9 Å². The number of nitrogens with zero attached hydrogens (tertiary/aromatic N) is 3. The molecule has 10 heteroatoms. The molecule has 0 aliphatic carbocycles. The van der Waals surface area contributed by atoms with Gasteiger partial charge in [0.15, 0.2) is 0 Å². The lowest BCUT2D eigenvalue weighted by Crippen LogP contribution is -2.50. The quantitative estimate of drug-likeness (QED) is 0.387. The molecule has 1 aromatic heterocycles. The van der Waals surface area contributed by atoms with Gasteiger partial charge in [-0.2, -0.15) is 4.31 Å². The smallest absolute Gasteiger partial charge is 0.269 e. The van der Waals surface area contributed by atoms with Crippen molar-refractivity contribution in [3.63, 3.8) is 0 Å². The monoisotopic (exact) mass is 469 g/mol. The van der Waals surface area contributed by atoms with Crippen molar-refractivity contribution in [3.05, 3.63) is 82.6 Å². The SMILES string of the molecule is O=C(CCc1ccc(-c2ccccc2)o1)N1CCN(S(=O)(=O)c2ccc([N+](=O)[O-])cc2)CC1. The number of carbonyl (C=O) groups is 1. The predicted molar refractivity (Wildman–Crippen MR) is 121 cm³/mol. The molecule has 33 heavy (non-hydrogen) atoms. The van der Waals surface area contributed by atoms with Crippen molar-refractivity contribution >= 4 is 21.6 Å². The lowest BCUT2D eigenvalue weighted by molar-refractivity contribution is -0.384. The van der Waals surface area contributed by atoms with Gasteiger partial charge in [0.2, 0.25) is 15.9 Å². The fourth-order valence-corrected chi connectivity index (χ4v) is 5.15. The standard InChI is InChI=1S/C23H23N3O6S/c27-23(13-9-20-8-12-22(32-20)18-4-2-1-3-5-18)24-14-16-25(17-15-24)33(30,31)21-10-6-19(7-11-21)26(28)29/h1-8,10-12H,9,13-17H2. The number of carbonyl (C=O) groups excluding carboxylic acids is 1.